The van der Waals surface area contributed by atoms with Gasteiger partial charge in [-0.2, -0.15) is 0 Å². The molecule has 0 aliphatic carbocycles. The van der Waals surface area contributed by atoms with E-state index in [0.29, 0.717) is 28.2 Å². The highest BCUT2D eigenvalue weighted by Crippen LogP contribution is 2.28. The molecule has 6 heteroatoms. The van der Waals surface area contributed by atoms with Crippen molar-refractivity contribution in [2.75, 3.05) is 6.54 Å². The second kappa shape index (κ2) is 10.8. The Bertz CT molecular complexity index is 1320. The average molecular weight is 504 g/mol. The predicted octanol–water partition coefficient (Wildman–Crippen LogP) is 6.55. The van der Waals surface area contributed by atoms with Crippen molar-refractivity contribution in [1.82, 2.24) is 15.2 Å². The number of pyridine rings is 1. The lowest BCUT2D eigenvalue weighted by atomic mass is 9.91. The van der Waals surface area contributed by atoms with Gasteiger partial charge in [0.15, 0.2) is 0 Å². The van der Waals surface area contributed by atoms with Crippen LogP contribution in [0, 0.1) is 0 Å². The Morgan fingerprint density at radius 3 is 2.63 bits per heavy atom. The quantitative estimate of drug-likeness (QED) is 0.324. The van der Waals surface area contributed by atoms with Crippen molar-refractivity contribution in [2.24, 2.45) is 0 Å². The second-order valence-electron chi connectivity index (χ2n) is 9.06. The molecule has 0 bridgehead atoms. The van der Waals surface area contributed by atoms with E-state index in [4.69, 9.17) is 23.2 Å². The van der Waals surface area contributed by atoms with Crippen LogP contribution in [-0.4, -0.2) is 34.4 Å². The van der Waals surface area contributed by atoms with Gasteiger partial charge in [-0.25, -0.2) is 0 Å². The summed E-state index contributed by atoms with van der Waals surface area (Å²) in [5.41, 5.74) is 3.97. The van der Waals surface area contributed by atoms with E-state index in [-0.39, 0.29) is 11.9 Å². The molecule has 2 heterocycles. The molecule has 1 aliphatic heterocycles. The molecule has 0 radical (unpaired) electrons. The molecule has 1 aromatic heterocycles. The van der Waals surface area contributed by atoms with E-state index < -0.39 is 0 Å². The maximum Gasteiger partial charge on any atom is 0.255 e. The third-order valence-electron chi connectivity index (χ3n) is 6.77. The molecular weight excluding hydrogens is 477 g/mol. The van der Waals surface area contributed by atoms with Gasteiger partial charge in [0.2, 0.25) is 0 Å². The number of carbonyl (C=O) groups excluding carboxylic acids is 1. The van der Waals surface area contributed by atoms with E-state index >= 15 is 0 Å². The van der Waals surface area contributed by atoms with Gasteiger partial charge in [0.05, 0.1) is 16.1 Å². The van der Waals surface area contributed by atoms with Crippen LogP contribution < -0.4 is 5.32 Å². The molecule has 4 aromatic rings. The Morgan fingerprint density at radius 1 is 1.00 bits per heavy atom. The molecule has 1 N–H and O–H groups in total. The monoisotopic (exact) mass is 503 g/mol. The summed E-state index contributed by atoms with van der Waals surface area (Å²) in [4.78, 5) is 20.0. The maximum absolute atomic E-state index is 13.5. The number of hydrogen-bond donors (Lipinski definition) is 1. The Morgan fingerprint density at radius 2 is 1.80 bits per heavy atom. The third-order valence-corrected chi connectivity index (χ3v) is 7.32. The summed E-state index contributed by atoms with van der Waals surface area (Å²) in [7, 11) is 0. The zero-order chi connectivity index (χ0) is 24.2. The molecule has 1 saturated heterocycles. The van der Waals surface area contributed by atoms with Crippen molar-refractivity contribution >= 4 is 40.0 Å². The third kappa shape index (κ3) is 5.51. The number of nitrogens with zero attached hydrogens (tertiary/aromatic N) is 2. The smallest absolute Gasteiger partial charge is 0.255 e. The summed E-state index contributed by atoms with van der Waals surface area (Å²) in [6.45, 7) is 1.44. The number of hydrogen-bond acceptors (Lipinski definition) is 3. The normalized spacial score (nSPS) is 18.1. The predicted molar refractivity (Wildman–Crippen MR) is 143 cm³/mol. The SMILES string of the molecule is O=C(c1ccc(Cl)cc1Cl)N1CCC(NCc2ccnc3ccccc23)CC1Cc1ccccc1. The second-order valence-corrected chi connectivity index (χ2v) is 9.90. The van der Waals surface area contributed by atoms with Crippen LogP contribution in [0.3, 0.4) is 0 Å². The largest absolute Gasteiger partial charge is 0.335 e. The lowest BCUT2D eigenvalue weighted by Crippen LogP contribution is -2.51. The van der Waals surface area contributed by atoms with Crippen LogP contribution in [0.15, 0.2) is 85.1 Å². The summed E-state index contributed by atoms with van der Waals surface area (Å²) in [5.74, 6) is -0.0359. The average Bonchev–Trinajstić information content (AvgIpc) is 2.88. The molecule has 1 fully saturated rings. The number of rotatable bonds is 6. The molecule has 1 amide bonds. The number of piperidine rings is 1. The van der Waals surface area contributed by atoms with E-state index in [9.17, 15) is 4.79 Å². The van der Waals surface area contributed by atoms with E-state index in [1.807, 2.05) is 41.4 Å². The van der Waals surface area contributed by atoms with Crippen molar-refractivity contribution in [3.63, 3.8) is 0 Å². The fraction of sp³-hybridized carbons (Fsp3) is 0.241. The minimum atomic E-state index is -0.0359. The van der Waals surface area contributed by atoms with E-state index in [0.717, 1.165) is 31.3 Å². The van der Waals surface area contributed by atoms with Crippen molar-refractivity contribution < 1.29 is 4.79 Å². The first-order valence-corrected chi connectivity index (χ1v) is 12.7. The molecule has 0 spiro atoms. The Labute approximate surface area is 215 Å². The van der Waals surface area contributed by atoms with Crippen LogP contribution in [-0.2, 0) is 13.0 Å². The zero-order valence-corrected chi connectivity index (χ0v) is 20.8. The molecule has 1 aliphatic rings. The fourth-order valence-electron chi connectivity index (χ4n) is 4.96. The highest BCUT2D eigenvalue weighted by atomic mass is 35.5. The molecule has 35 heavy (non-hydrogen) atoms. The number of amides is 1. The highest BCUT2D eigenvalue weighted by Gasteiger charge is 2.33. The lowest BCUT2D eigenvalue weighted by Gasteiger charge is -2.40. The van der Waals surface area contributed by atoms with Crippen LogP contribution in [0.4, 0.5) is 0 Å². The molecule has 2 unspecified atom stereocenters. The molecule has 4 nitrogen and oxygen atoms in total. The molecule has 5 rings (SSSR count). The van der Waals surface area contributed by atoms with Crippen LogP contribution in [0.2, 0.25) is 10.0 Å². The van der Waals surface area contributed by atoms with E-state index in [2.05, 4.69) is 40.6 Å². The van der Waals surface area contributed by atoms with Gasteiger partial charge in [-0.1, -0.05) is 71.7 Å². The number of likely N-dealkylation sites (tertiary alicyclic amines) is 1. The highest BCUT2D eigenvalue weighted by molar-refractivity contribution is 6.36. The number of benzene rings is 3. The molecular formula is C29H27Cl2N3O. The first-order chi connectivity index (χ1) is 17.1. The van der Waals surface area contributed by atoms with Gasteiger partial charge in [-0.3, -0.25) is 9.78 Å². The topological polar surface area (TPSA) is 45.2 Å². The summed E-state index contributed by atoms with van der Waals surface area (Å²) in [6.07, 6.45) is 4.42. The minimum absolute atomic E-state index is 0.0359. The standard InChI is InChI=1S/C29H27Cl2N3O/c30-22-10-11-26(27(31)17-22)29(35)34-15-13-23(18-24(34)16-20-6-2-1-3-7-20)33-19-21-12-14-32-28-9-5-4-8-25(21)28/h1-12,14,17,23-24,33H,13,15-16,18-19H2. The Balaban J connectivity index is 1.34. The van der Waals surface area contributed by atoms with Gasteiger partial charge in [-0.05, 0) is 60.7 Å². The molecule has 178 valence electrons. The molecule has 2 atom stereocenters. The minimum Gasteiger partial charge on any atom is -0.335 e. The van der Waals surface area contributed by atoms with Crippen molar-refractivity contribution in [2.45, 2.75) is 37.9 Å². The van der Waals surface area contributed by atoms with Gasteiger partial charge >= 0.3 is 0 Å². The summed E-state index contributed by atoms with van der Waals surface area (Å²) < 4.78 is 0. The van der Waals surface area contributed by atoms with Gasteiger partial charge in [-0.15, -0.1) is 0 Å². The van der Waals surface area contributed by atoms with Crippen LogP contribution in [0.1, 0.15) is 34.3 Å². The van der Waals surface area contributed by atoms with E-state index in [1.165, 1.54) is 16.5 Å². The van der Waals surface area contributed by atoms with Gasteiger partial charge in [0.1, 0.15) is 0 Å². The zero-order valence-electron chi connectivity index (χ0n) is 19.3. The van der Waals surface area contributed by atoms with Crippen molar-refractivity contribution in [3.05, 3.63) is 112 Å². The van der Waals surface area contributed by atoms with Crippen molar-refractivity contribution in [1.29, 1.82) is 0 Å². The lowest BCUT2D eigenvalue weighted by molar-refractivity contribution is 0.0576. The number of halogens is 2. The fourth-order valence-corrected chi connectivity index (χ4v) is 5.45. The Kier molecular flexibility index (Phi) is 7.33. The number of para-hydroxylation sites is 1. The van der Waals surface area contributed by atoms with Gasteiger partial charge in [0, 0.05) is 41.8 Å². The van der Waals surface area contributed by atoms with Crippen molar-refractivity contribution in [3.8, 4) is 0 Å². The molecule has 0 saturated carbocycles. The number of aromatic nitrogens is 1. The van der Waals surface area contributed by atoms with Gasteiger partial charge < -0.3 is 10.2 Å². The number of fused-ring (bicyclic) bond motifs is 1. The number of nitrogens with one attached hydrogen (secondary N) is 1. The summed E-state index contributed by atoms with van der Waals surface area (Å²) >= 11 is 12.5. The van der Waals surface area contributed by atoms with Gasteiger partial charge in [0.25, 0.3) is 5.91 Å². The Hall–Kier alpha value is -2.92. The van der Waals surface area contributed by atoms with Crippen LogP contribution >= 0.6 is 23.2 Å². The summed E-state index contributed by atoms with van der Waals surface area (Å²) in [5, 5.41) is 5.85. The van der Waals surface area contributed by atoms with Crippen LogP contribution in [0.25, 0.3) is 10.9 Å². The molecule has 3 aromatic carbocycles. The first kappa shape index (κ1) is 23.8. The maximum atomic E-state index is 13.5. The summed E-state index contributed by atoms with van der Waals surface area (Å²) in [6, 6.07) is 26.1. The van der Waals surface area contributed by atoms with Crippen LogP contribution in [0.5, 0.6) is 0 Å². The first-order valence-electron chi connectivity index (χ1n) is 11.9. The number of carbonyl (C=O) groups is 1. The van der Waals surface area contributed by atoms with E-state index in [1.54, 1.807) is 18.2 Å².